The van der Waals surface area contributed by atoms with E-state index < -0.39 is 17.2 Å². The molecule has 11 heteroatoms. The first-order valence-electron chi connectivity index (χ1n) is 11.1. The van der Waals surface area contributed by atoms with Crippen LogP contribution in [0.15, 0.2) is 71.8 Å². The minimum absolute atomic E-state index is 0.104. The minimum atomic E-state index is -2.09. The highest BCUT2D eigenvalue weighted by molar-refractivity contribution is 7.79. The van der Waals surface area contributed by atoms with Crippen molar-refractivity contribution in [1.29, 1.82) is 0 Å². The third kappa shape index (κ3) is 5.90. The molecule has 10 nitrogen and oxygen atoms in total. The van der Waals surface area contributed by atoms with Crippen LogP contribution in [0.5, 0.6) is 17.2 Å². The predicted molar refractivity (Wildman–Crippen MR) is 142 cm³/mol. The summed E-state index contributed by atoms with van der Waals surface area (Å²) >= 11 is -2.09. The molecule has 2 unspecified atom stereocenters. The Morgan fingerprint density at radius 1 is 0.919 bits per heavy atom. The van der Waals surface area contributed by atoms with E-state index in [-0.39, 0.29) is 10.8 Å². The van der Waals surface area contributed by atoms with Gasteiger partial charge in [-0.2, -0.15) is 4.98 Å². The second kappa shape index (κ2) is 11.1. The molecule has 192 valence electrons. The summed E-state index contributed by atoms with van der Waals surface area (Å²) in [6.45, 7) is 0. The Kier molecular flexibility index (Phi) is 7.75. The fraction of sp³-hybridized carbons (Fsp3) is 0.154. The lowest BCUT2D eigenvalue weighted by molar-refractivity contribution is 0.221. The molecule has 37 heavy (non-hydrogen) atoms. The lowest BCUT2D eigenvalue weighted by atomic mass is 10.0. The normalized spacial score (nSPS) is 12.5. The van der Waals surface area contributed by atoms with Crippen molar-refractivity contribution in [2.24, 2.45) is 0 Å². The van der Waals surface area contributed by atoms with Gasteiger partial charge in [-0.05, 0) is 53.1 Å². The number of methoxy groups -OCH3 is 2. The molecular formula is C26H27N5O5S. The number of hydrogen-bond donors (Lipinski definition) is 4. The van der Waals surface area contributed by atoms with Gasteiger partial charge in [0.15, 0.2) is 22.6 Å². The van der Waals surface area contributed by atoms with Gasteiger partial charge in [0.1, 0.15) is 11.9 Å². The van der Waals surface area contributed by atoms with Crippen LogP contribution in [0.25, 0.3) is 0 Å². The summed E-state index contributed by atoms with van der Waals surface area (Å²) in [5.41, 5.74) is 21.2. The topological polar surface area (TPSA) is 169 Å². The molecule has 4 rings (SSSR count). The molecule has 1 aromatic heterocycles. The van der Waals surface area contributed by atoms with Crippen molar-refractivity contribution in [3.63, 3.8) is 0 Å². The van der Waals surface area contributed by atoms with Crippen LogP contribution < -0.4 is 31.4 Å². The van der Waals surface area contributed by atoms with E-state index in [9.17, 15) is 8.76 Å². The molecule has 0 spiro atoms. The molecule has 4 aromatic rings. The fourth-order valence-electron chi connectivity index (χ4n) is 3.82. The van der Waals surface area contributed by atoms with Crippen LogP contribution in [0.1, 0.15) is 28.4 Å². The van der Waals surface area contributed by atoms with E-state index >= 15 is 0 Å². The van der Waals surface area contributed by atoms with Crippen LogP contribution >= 0.6 is 0 Å². The number of anilines is 3. The molecule has 0 aliphatic rings. The Morgan fingerprint density at radius 3 is 2.00 bits per heavy atom. The van der Waals surface area contributed by atoms with E-state index in [1.54, 1.807) is 42.6 Å². The molecule has 0 bridgehead atoms. The number of rotatable bonds is 9. The zero-order valence-electron chi connectivity index (χ0n) is 20.3. The highest BCUT2D eigenvalue weighted by atomic mass is 32.2. The van der Waals surface area contributed by atoms with Crippen molar-refractivity contribution < 1.29 is 23.0 Å². The van der Waals surface area contributed by atoms with E-state index in [0.29, 0.717) is 40.7 Å². The smallest absolute Gasteiger partial charge is 0.221 e. The van der Waals surface area contributed by atoms with Gasteiger partial charge in [-0.15, -0.1) is 0 Å². The molecule has 2 atom stereocenters. The van der Waals surface area contributed by atoms with Crippen molar-refractivity contribution in [3.05, 3.63) is 89.1 Å². The molecule has 0 aliphatic heterocycles. The number of hydrogen-bond acceptors (Lipinski definition) is 9. The number of ether oxygens (including phenoxy) is 3. The van der Waals surface area contributed by atoms with Gasteiger partial charge >= 0.3 is 0 Å². The quantitative estimate of drug-likeness (QED) is 0.189. The molecule has 3 aromatic carbocycles. The Labute approximate surface area is 216 Å². The van der Waals surface area contributed by atoms with Gasteiger partial charge in [-0.3, -0.25) is 0 Å². The minimum Gasteiger partial charge on any atom is -0.493 e. The Balaban J connectivity index is 1.75. The molecule has 0 amide bonds. The van der Waals surface area contributed by atoms with E-state index in [4.69, 9.17) is 31.4 Å². The first kappa shape index (κ1) is 25.7. The molecule has 0 fully saturated rings. The summed E-state index contributed by atoms with van der Waals surface area (Å²) in [7, 11) is 3.07. The summed E-state index contributed by atoms with van der Waals surface area (Å²) in [5, 5.41) is 0. The molecule has 1 heterocycles. The Hall–Kier alpha value is -4.35. The summed E-state index contributed by atoms with van der Waals surface area (Å²) < 4.78 is 38.7. The van der Waals surface area contributed by atoms with Crippen molar-refractivity contribution in [3.8, 4) is 17.2 Å². The Bertz CT molecular complexity index is 1390. The van der Waals surface area contributed by atoms with Crippen molar-refractivity contribution >= 4 is 28.5 Å². The van der Waals surface area contributed by atoms with E-state index in [1.807, 2.05) is 24.3 Å². The maximum Gasteiger partial charge on any atom is 0.221 e. The summed E-state index contributed by atoms with van der Waals surface area (Å²) in [4.78, 5) is 8.32. The van der Waals surface area contributed by atoms with Crippen LogP contribution in [0.3, 0.4) is 0 Å². The van der Waals surface area contributed by atoms with Gasteiger partial charge in [0.25, 0.3) is 0 Å². The highest BCUT2D eigenvalue weighted by Gasteiger charge is 2.23. The predicted octanol–water partition coefficient (Wildman–Crippen LogP) is 3.58. The van der Waals surface area contributed by atoms with Crippen molar-refractivity contribution in [1.82, 2.24) is 9.97 Å². The number of nitrogen functional groups attached to an aromatic ring is 3. The maximum atomic E-state index is 11.5. The van der Waals surface area contributed by atoms with Crippen LogP contribution in [0, 0.1) is 0 Å². The SMILES string of the molecule is COc1cc(Cc2cnc(N)nc2N)cc(OC)c1OC(c1ccc(N)cc1)c1ccc(S(=O)O)cc1. The zero-order valence-corrected chi connectivity index (χ0v) is 21.1. The van der Waals surface area contributed by atoms with Gasteiger partial charge in [0, 0.05) is 23.9 Å². The second-order valence-corrected chi connectivity index (χ2v) is 9.10. The van der Waals surface area contributed by atoms with Crippen LogP contribution in [0.2, 0.25) is 0 Å². The number of aromatic nitrogens is 2. The largest absolute Gasteiger partial charge is 0.493 e. The van der Waals surface area contributed by atoms with Crippen LogP contribution in [0.4, 0.5) is 17.5 Å². The molecule has 0 saturated carbocycles. The summed E-state index contributed by atoms with van der Waals surface area (Å²) in [6.07, 6.45) is 1.40. The highest BCUT2D eigenvalue weighted by Crippen LogP contribution is 2.43. The van der Waals surface area contributed by atoms with Gasteiger partial charge in [-0.1, -0.05) is 24.3 Å². The number of benzene rings is 3. The first-order chi connectivity index (χ1) is 17.8. The van der Waals surface area contributed by atoms with Gasteiger partial charge in [0.2, 0.25) is 11.7 Å². The average molecular weight is 522 g/mol. The summed E-state index contributed by atoms with van der Waals surface area (Å²) in [6, 6.07) is 17.6. The Morgan fingerprint density at radius 2 is 1.49 bits per heavy atom. The van der Waals surface area contributed by atoms with Gasteiger partial charge in [-0.25, -0.2) is 9.19 Å². The molecular weight excluding hydrogens is 494 g/mol. The van der Waals surface area contributed by atoms with Crippen molar-refractivity contribution in [2.45, 2.75) is 17.4 Å². The lowest BCUT2D eigenvalue weighted by Gasteiger charge is -2.24. The van der Waals surface area contributed by atoms with Crippen LogP contribution in [-0.4, -0.2) is 32.9 Å². The van der Waals surface area contributed by atoms with E-state index in [2.05, 4.69) is 9.97 Å². The van der Waals surface area contributed by atoms with E-state index in [1.165, 1.54) is 14.2 Å². The lowest BCUT2D eigenvalue weighted by Crippen LogP contribution is -2.12. The average Bonchev–Trinajstić information content (AvgIpc) is 2.89. The number of nitrogens with two attached hydrogens (primary N) is 3. The first-order valence-corrected chi connectivity index (χ1v) is 12.2. The van der Waals surface area contributed by atoms with Gasteiger partial charge in [0.05, 0.1) is 19.1 Å². The zero-order chi connectivity index (χ0) is 26.5. The van der Waals surface area contributed by atoms with Crippen LogP contribution in [-0.2, 0) is 17.5 Å². The fourth-order valence-corrected chi connectivity index (χ4v) is 4.19. The van der Waals surface area contributed by atoms with Crippen molar-refractivity contribution in [2.75, 3.05) is 31.4 Å². The monoisotopic (exact) mass is 521 g/mol. The second-order valence-electron chi connectivity index (χ2n) is 8.13. The molecule has 0 saturated heterocycles. The van der Waals surface area contributed by atoms with Gasteiger partial charge < -0.3 is 36.0 Å². The molecule has 0 aliphatic carbocycles. The van der Waals surface area contributed by atoms with E-state index in [0.717, 1.165) is 16.7 Å². The third-order valence-electron chi connectivity index (χ3n) is 5.69. The summed E-state index contributed by atoms with van der Waals surface area (Å²) in [5.74, 6) is 1.66. The molecule has 0 radical (unpaired) electrons. The molecule has 7 N–H and O–H groups in total. The standard InChI is InChI=1S/C26H27N5O5S/c1-34-21-12-15(11-18-14-30-26(29)31-25(18)28)13-22(35-2)24(21)36-23(16-3-7-19(27)8-4-16)17-5-9-20(10-6-17)37(32)33/h3-10,12-14,23H,11,27H2,1-2H3,(H,32,33)(H4,28,29,30,31). The number of nitrogens with zero attached hydrogens (tertiary/aromatic N) is 2. The maximum absolute atomic E-state index is 11.5. The third-order valence-corrected chi connectivity index (χ3v) is 6.37.